The highest BCUT2D eigenvalue weighted by Gasteiger charge is 1.99. The second kappa shape index (κ2) is 12.3. The SMILES string of the molecule is CN=C(NCCOCc1ccccc1)NCc1cccc(C#N)c1.I. The Kier molecular flexibility index (Phi) is 10.3. The predicted molar refractivity (Wildman–Crippen MR) is 111 cm³/mol. The zero-order valence-electron chi connectivity index (χ0n) is 14.2. The molecule has 0 atom stereocenters. The van der Waals surface area contributed by atoms with Gasteiger partial charge in [-0.3, -0.25) is 4.99 Å². The predicted octanol–water partition coefficient (Wildman–Crippen LogP) is 3.06. The quantitative estimate of drug-likeness (QED) is 0.295. The van der Waals surface area contributed by atoms with Crippen LogP contribution in [0.3, 0.4) is 0 Å². The molecular formula is C19H23IN4O. The van der Waals surface area contributed by atoms with Gasteiger partial charge in [0.05, 0.1) is 24.8 Å². The van der Waals surface area contributed by atoms with Crippen molar-refractivity contribution in [1.29, 1.82) is 5.26 Å². The Bertz CT molecular complexity index is 698. The lowest BCUT2D eigenvalue weighted by atomic mass is 10.1. The van der Waals surface area contributed by atoms with Gasteiger partial charge in [0.25, 0.3) is 0 Å². The molecular weight excluding hydrogens is 427 g/mol. The summed E-state index contributed by atoms with van der Waals surface area (Å²) in [5.41, 5.74) is 2.86. The molecule has 0 aliphatic heterocycles. The fourth-order valence-electron chi connectivity index (χ4n) is 2.16. The van der Waals surface area contributed by atoms with Crippen molar-refractivity contribution in [3.05, 3.63) is 71.3 Å². The molecule has 0 saturated carbocycles. The summed E-state index contributed by atoms with van der Waals surface area (Å²) >= 11 is 0. The maximum atomic E-state index is 8.91. The van der Waals surface area contributed by atoms with E-state index in [0.717, 1.165) is 11.1 Å². The Morgan fingerprint density at radius 3 is 2.56 bits per heavy atom. The first-order valence-corrected chi connectivity index (χ1v) is 7.87. The molecule has 0 fully saturated rings. The van der Waals surface area contributed by atoms with E-state index in [1.54, 1.807) is 13.1 Å². The molecule has 5 nitrogen and oxygen atoms in total. The lowest BCUT2D eigenvalue weighted by Gasteiger charge is -2.12. The van der Waals surface area contributed by atoms with E-state index in [1.807, 2.05) is 48.5 Å². The molecule has 0 heterocycles. The van der Waals surface area contributed by atoms with Crippen LogP contribution in [0, 0.1) is 11.3 Å². The third-order valence-electron chi connectivity index (χ3n) is 3.39. The molecule has 0 aromatic heterocycles. The van der Waals surface area contributed by atoms with Gasteiger partial charge in [-0.15, -0.1) is 24.0 Å². The van der Waals surface area contributed by atoms with Crippen molar-refractivity contribution in [3.63, 3.8) is 0 Å². The minimum Gasteiger partial charge on any atom is -0.375 e. The van der Waals surface area contributed by atoms with Gasteiger partial charge < -0.3 is 15.4 Å². The maximum Gasteiger partial charge on any atom is 0.191 e. The van der Waals surface area contributed by atoms with Crippen molar-refractivity contribution in [2.24, 2.45) is 4.99 Å². The fraction of sp³-hybridized carbons (Fsp3) is 0.263. The summed E-state index contributed by atoms with van der Waals surface area (Å²) in [4.78, 5) is 4.18. The third-order valence-corrected chi connectivity index (χ3v) is 3.39. The molecule has 25 heavy (non-hydrogen) atoms. The molecule has 0 aliphatic carbocycles. The Morgan fingerprint density at radius 1 is 1.08 bits per heavy atom. The molecule has 2 N–H and O–H groups in total. The van der Waals surface area contributed by atoms with Gasteiger partial charge in [0.1, 0.15) is 0 Å². The topological polar surface area (TPSA) is 69.4 Å². The van der Waals surface area contributed by atoms with Crippen LogP contribution < -0.4 is 10.6 Å². The Labute approximate surface area is 166 Å². The van der Waals surface area contributed by atoms with Gasteiger partial charge in [-0.05, 0) is 23.3 Å². The minimum absolute atomic E-state index is 0. The summed E-state index contributed by atoms with van der Waals surface area (Å²) in [7, 11) is 1.73. The number of benzene rings is 2. The standard InChI is InChI=1S/C19H22N4O.HI/c1-21-19(23-14-18-9-5-8-17(12-18)13-20)22-10-11-24-15-16-6-3-2-4-7-16;/h2-9,12H,10-11,14-15H2,1H3,(H2,21,22,23);1H. The monoisotopic (exact) mass is 450 g/mol. The zero-order valence-corrected chi connectivity index (χ0v) is 16.6. The molecule has 0 radical (unpaired) electrons. The van der Waals surface area contributed by atoms with E-state index < -0.39 is 0 Å². The molecule has 0 saturated heterocycles. The molecule has 2 rings (SSSR count). The van der Waals surface area contributed by atoms with Gasteiger partial charge >= 0.3 is 0 Å². The summed E-state index contributed by atoms with van der Waals surface area (Å²) < 4.78 is 5.63. The Hall–Kier alpha value is -2.11. The average Bonchev–Trinajstić information content (AvgIpc) is 2.65. The first kappa shape index (κ1) is 20.9. The first-order valence-electron chi connectivity index (χ1n) is 7.87. The number of rotatable bonds is 7. The van der Waals surface area contributed by atoms with Crippen LogP contribution >= 0.6 is 24.0 Å². The van der Waals surface area contributed by atoms with Crippen LogP contribution in [0.4, 0.5) is 0 Å². The van der Waals surface area contributed by atoms with E-state index in [2.05, 4.69) is 21.7 Å². The van der Waals surface area contributed by atoms with Crippen molar-refractivity contribution in [1.82, 2.24) is 10.6 Å². The minimum atomic E-state index is 0. The number of aliphatic imine (C=N–C) groups is 1. The van der Waals surface area contributed by atoms with E-state index in [0.29, 0.717) is 37.8 Å². The van der Waals surface area contributed by atoms with Crippen LogP contribution in [0.15, 0.2) is 59.6 Å². The number of nitrogens with zero attached hydrogens (tertiary/aromatic N) is 2. The Morgan fingerprint density at radius 2 is 1.84 bits per heavy atom. The van der Waals surface area contributed by atoms with Gasteiger partial charge in [-0.25, -0.2) is 0 Å². The van der Waals surface area contributed by atoms with E-state index >= 15 is 0 Å². The number of guanidine groups is 1. The molecule has 132 valence electrons. The highest BCUT2D eigenvalue weighted by atomic mass is 127. The van der Waals surface area contributed by atoms with Gasteiger partial charge in [-0.2, -0.15) is 5.26 Å². The van der Waals surface area contributed by atoms with Crippen LogP contribution in [0.25, 0.3) is 0 Å². The maximum absolute atomic E-state index is 8.91. The number of hydrogen-bond donors (Lipinski definition) is 2. The molecule has 0 aliphatic rings. The van der Waals surface area contributed by atoms with Crippen molar-refractivity contribution in [3.8, 4) is 6.07 Å². The van der Waals surface area contributed by atoms with Crippen LogP contribution in [-0.2, 0) is 17.9 Å². The van der Waals surface area contributed by atoms with Crippen molar-refractivity contribution in [2.75, 3.05) is 20.2 Å². The number of nitriles is 1. The van der Waals surface area contributed by atoms with E-state index in [1.165, 1.54) is 0 Å². The van der Waals surface area contributed by atoms with Crippen molar-refractivity contribution in [2.45, 2.75) is 13.2 Å². The van der Waals surface area contributed by atoms with Crippen molar-refractivity contribution >= 4 is 29.9 Å². The summed E-state index contributed by atoms with van der Waals surface area (Å²) in [6, 6.07) is 19.7. The van der Waals surface area contributed by atoms with Crippen molar-refractivity contribution < 1.29 is 4.74 Å². The van der Waals surface area contributed by atoms with Gasteiger partial charge in [0.15, 0.2) is 5.96 Å². The summed E-state index contributed by atoms with van der Waals surface area (Å²) in [6.45, 7) is 2.49. The number of halogens is 1. The molecule has 2 aromatic rings. The molecule has 6 heteroatoms. The number of ether oxygens (including phenoxy) is 1. The van der Waals surface area contributed by atoms with E-state index in [9.17, 15) is 0 Å². The van der Waals surface area contributed by atoms with E-state index in [4.69, 9.17) is 10.00 Å². The molecule has 0 bridgehead atoms. The van der Waals surface area contributed by atoms with Gasteiger partial charge in [0.2, 0.25) is 0 Å². The largest absolute Gasteiger partial charge is 0.375 e. The summed E-state index contributed by atoms with van der Waals surface area (Å²) in [5, 5.41) is 15.3. The fourth-order valence-corrected chi connectivity index (χ4v) is 2.16. The summed E-state index contributed by atoms with van der Waals surface area (Å²) in [5.74, 6) is 0.709. The lowest BCUT2D eigenvalue weighted by Crippen LogP contribution is -2.38. The van der Waals surface area contributed by atoms with Crippen LogP contribution in [-0.4, -0.2) is 26.2 Å². The van der Waals surface area contributed by atoms with Gasteiger partial charge in [-0.1, -0.05) is 42.5 Å². The zero-order chi connectivity index (χ0) is 17.0. The van der Waals surface area contributed by atoms with Gasteiger partial charge in [0, 0.05) is 20.1 Å². The van der Waals surface area contributed by atoms with Crippen LogP contribution in [0.2, 0.25) is 0 Å². The second-order valence-electron chi connectivity index (χ2n) is 5.20. The highest BCUT2D eigenvalue weighted by Crippen LogP contribution is 2.03. The number of hydrogen-bond acceptors (Lipinski definition) is 3. The molecule has 0 spiro atoms. The summed E-state index contributed by atoms with van der Waals surface area (Å²) in [6.07, 6.45) is 0. The average molecular weight is 450 g/mol. The lowest BCUT2D eigenvalue weighted by molar-refractivity contribution is 0.125. The third kappa shape index (κ3) is 8.01. The smallest absolute Gasteiger partial charge is 0.191 e. The molecule has 2 aromatic carbocycles. The van der Waals surface area contributed by atoms with Crippen LogP contribution in [0.1, 0.15) is 16.7 Å². The number of nitrogens with one attached hydrogen (secondary N) is 2. The first-order chi connectivity index (χ1) is 11.8. The van der Waals surface area contributed by atoms with E-state index in [-0.39, 0.29) is 24.0 Å². The highest BCUT2D eigenvalue weighted by molar-refractivity contribution is 14.0. The Balaban J connectivity index is 0.00000312. The molecule has 0 unspecified atom stereocenters. The van der Waals surface area contributed by atoms with Crippen LogP contribution in [0.5, 0.6) is 0 Å². The second-order valence-corrected chi connectivity index (χ2v) is 5.20. The normalized spacial score (nSPS) is 10.5. The molecule has 0 amide bonds.